The summed E-state index contributed by atoms with van der Waals surface area (Å²) in [5, 5.41) is 19.7. The van der Waals surface area contributed by atoms with Crippen LogP contribution in [0.5, 0.6) is 0 Å². The molecular weight excluding hydrogens is 584 g/mol. The molecule has 2 aromatic rings. The molecule has 0 spiro atoms. The van der Waals surface area contributed by atoms with Crippen LogP contribution >= 0.6 is 50.6 Å². The average Bonchev–Trinajstić information content (AvgIpc) is 3.20. The van der Waals surface area contributed by atoms with Gasteiger partial charge in [-0.1, -0.05) is 0 Å². The van der Waals surface area contributed by atoms with Gasteiger partial charge in [-0.3, -0.25) is 14.6 Å². The van der Waals surface area contributed by atoms with E-state index >= 15 is 0 Å². The van der Waals surface area contributed by atoms with E-state index in [0.717, 1.165) is 5.75 Å². The predicted molar refractivity (Wildman–Crippen MR) is 126 cm³/mol. The molecule has 10 nitrogen and oxygen atoms in total. The lowest BCUT2D eigenvalue weighted by Gasteiger charge is -2.05. The molecule has 0 aliphatic heterocycles. The molecule has 0 saturated heterocycles. The van der Waals surface area contributed by atoms with Crippen LogP contribution in [-0.2, 0) is 4.74 Å². The van der Waals surface area contributed by atoms with Crippen molar-refractivity contribution in [2.75, 3.05) is 44.1 Å². The number of benzene rings is 1. The molecule has 0 unspecified atom stereocenters. The van der Waals surface area contributed by atoms with E-state index in [1.807, 2.05) is 11.7 Å². The zero-order chi connectivity index (χ0) is 22.1. The number of amidine groups is 1. The molecule has 1 heterocycles. The molecule has 7 N–H and O–H groups in total. The minimum atomic E-state index is -0.403. The van der Waals surface area contributed by atoms with E-state index in [0.29, 0.717) is 31.2 Å². The Labute approximate surface area is 195 Å². The SMILES string of the molecule is COCCN.CSCCNc1nonc1C(=Nc1ccc(F)c(Br)c1)NO.NI. The number of hydrogen-bond acceptors (Lipinski definition) is 10. The van der Waals surface area contributed by atoms with Crippen molar-refractivity contribution < 1.29 is 19.0 Å². The lowest BCUT2D eigenvalue weighted by molar-refractivity contribution is 0.207. The van der Waals surface area contributed by atoms with Gasteiger partial charge in [-0.15, -0.1) is 0 Å². The predicted octanol–water partition coefficient (Wildman–Crippen LogP) is 2.69. The lowest BCUT2D eigenvalue weighted by atomic mass is 10.3. The molecule has 1 aromatic heterocycles. The summed E-state index contributed by atoms with van der Waals surface area (Å²) in [7, 11) is 1.63. The van der Waals surface area contributed by atoms with Crippen molar-refractivity contribution >= 4 is 67.9 Å². The van der Waals surface area contributed by atoms with Crippen molar-refractivity contribution in [1.82, 2.24) is 15.8 Å². The third kappa shape index (κ3) is 11.1. The van der Waals surface area contributed by atoms with Gasteiger partial charge in [-0.2, -0.15) is 11.8 Å². The van der Waals surface area contributed by atoms with Crippen molar-refractivity contribution in [3.63, 3.8) is 0 Å². The number of rotatable bonds is 8. The molecule has 2 rings (SSSR count). The van der Waals surface area contributed by atoms with Gasteiger partial charge in [-0.25, -0.2) is 14.0 Å². The Morgan fingerprint density at radius 1 is 1.45 bits per heavy atom. The van der Waals surface area contributed by atoms with Gasteiger partial charge in [0.2, 0.25) is 5.82 Å². The normalized spacial score (nSPS) is 10.4. The van der Waals surface area contributed by atoms with Crippen molar-refractivity contribution in [3.05, 3.63) is 34.2 Å². The van der Waals surface area contributed by atoms with Gasteiger partial charge in [0, 0.05) is 48.8 Å². The number of halogens is 3. The van der Waals surface area contributed by atoms with Crippen LogP contribution in [0.15, 0.2) is 32.3 Å². The molecule has 29 heavy (non-hydrogen) atoms. The second-order valence-electron chi connectivity index (χ2n) is 4.83. The second kappa shape index (κ2) is 17.8. The summed E-state index contributed by atoms with van der Waals surface area (Å²) in [5.74, 6) is 0.859. The lowest BCUT2D eigenvalue weighted by Crippen LogP contribution is -2.22. The summed E-state index contributed by atoms with van der Waals surface area (Å²) >= 11 is 6.40. The molecule has 14 heteroatoms. The minimum absolute atomic E-state index is 0.0337. The largest absolute Gasteiger partial charge is 0.383 e. The van der Waals surface area contributed by atoms with Crippen LogP contribution in [0.4, 0.5) is 15.9 Å². The van der Waals surface area contributed by atoms with Gasteiger partial charge in [-0.05, 0) is 50.7 Å². The van der Waals surface area contributed by atoms with E-state index in [9.17, 15) is 9.60 Å². The van der Waals surface area contributed by atoms with Crippen molar-refractivity contribution in [1.29, 1.82) is 0 Å². The quantitative estimate of drug-likeness (QED) is 0.0754. The van der Waals surface area contributed by atoms with E-state index in [1.54, 1.807) is 41.7 Å². The number of hydrogen-bond donors (Lipinski definition) is 5. The number of hydroxylamine groups is 1. The van der Waals surface area contributed by atoms with Crippen LogP contribution in [-0.4, -0.2) is 60.2 Å². The topological polar surface area (TPSA) is 157 Å². The molecule has 164 valence electrons. The Morgan fingerprint density at radius 3 is 2.69 bits per heavy atom. The smallest absolute Gasteiger partial charge is 0.202 e. The Balaban J connectivity index is 0.000000977. The van der Waals surface area contributed by atoms with Gasteiger partial charge < -0.3 is 15.8 Å². The summed E-state index contributed by atoms with van der Waals surface area (Å²) in [6.45, 7) is 1.94. The highest BCUT2D eigenvalue weighted by Gasteiger charge is 2.16. The molecule has 0 bridgehead atoms. The first kappa shape index (κ1) is 28.0. The summed E-state index contributed by atoms with van der Waals surface area (Å²) < 4.78 is 27.2. The van der Waals surface area contributed by atoms with Gasteiger partial charge in [0.1, 0.15) is 5.82 Å². The summed E-state index contributed by atoms with van der Waals surface area (Å²) in [6, 6.07) is 4.20. The Bertz CT molecular complexity index is 725. The number of nitrogens with zero attached hydrogens (tertiary/aromatic N) is 3. The van der Waals surface area contributed by atoms with Crippen LogP contribution in [0, 0.1) is 5.82 Å². The highest BCUT2D eigenvalue weighted by atomic mass is 127. The molecule has 0 aliphatic carbocycles. The fraction of sp³-hybridized carbons (Fsp3) is 0.400. The first-order chi connectivity index (χ1) is 14.1. The second-order valence-corrected chi connectivity index (χ2v) is 6.67. The Morgan fingerprint density at radius 2 is 2.17 bits per heavy atom. The molecule has 0 radical (unpaired) electrons. The fourth-order valence-corrected chi connectivity index (χ4v) is 2.34. The third-order valence-electron chi connectivity index (χ3n) is 2.88. The van der Waals surface area contributed by atoms with E-state index in [2.05, 4.69) is 49.9 Å². The first-order valence-corrected chi connectivity index (χ1v) is 11.4. The van der Waals surface area contributed by atoms with Gasteiger partial charge in [0.15, 0.2) is 11.5 Å². The van der Waals surface area contributed by atoms with Crippen molar-refractivity contribution in [2.45, 2.75) is 0 Å². The van der Waals surface area contributed by atoms with Gasteiger partial charge in [0.05, 0.1) is 16.8 Å². The van der Waals surface area contributed by atoms with Crippen LogP contribution in [0.25, 0.3) is 0 Å². The summed E-state index contributed by atoms with van der Waals surface area (Å²) in [5.41, 5.74) is 7.61. The number of anilines is 1. The first-order valence-electron chi connectivity index (χ1n) is 7.97. The monoisotopic (exact) mass is 607 g/mol. The molecule has 0 atom stereocenters. The van der Waals surface area contributed by atoms with E-state index in [-0.39, 0.29) is 16.0 Å². The number of nitrogens with one attached hydrogen (secondary N) is 2. The fourth-order valence-electron chi connectivity index (χ4n) is 1.66. The number of ether oxygens (including phenoxy) is 1. The highest BCUT2D eigenvalue weighted by molar-refractivity contribution is 14.1. The van der Waals surface area contributed by atoms with E-state index in [4.69, 9.17) is 5.73 Å². The van der Waals surface area contributed by atoms with Crippen LogP contribution in [0.1, 0.15) is 5.69 Å². The summed E-state index contributed by atoms with van der Waals surface area (Å²) in [6.07, 6.45) is 1.98. The Kier molecular flexibility index (Phi) is 17.1. The highest BCUT2D eigenvalue weighted by Crippen LogP contribution is 2.23. The average molecular weight is 608 g/mol. The molecule has 0 saturated carbocycles. The molecule has 1 aromatic carbocycles. The maximum Gasteiger partial charge on any atom is 0.202 e. The standard InChI is InChI=1S/C12H13BrFN5O2S.C3H9NO.H2IN/c1-22-5-4-15-11-10(18-21-19-11)12(17-20)16-7-2-3-9(14)8(13)6-7;1-5-3-2-4;1-2/h2-3,6,20H,4-5H2,1H3,(H,15,19)(H,16,17);2-4H2,1H3;2H2. The summed E-state index contributed by atoms with van der Waals surface area (Å²) in [4.78, 5) is 4.16. The van der Waals surface area contributed by atoms with Gasteiger partial charge in [0.25, 0.3) is 0 Å². The van der Waals surface area contributed by atoms with Crippen LogP contribution in [0.3, 0.4) is 0 Å². The number of aromatic nitrogens is 2. The maximum atomic E-state index is 13.2. The van der Waals surface area contributed by atoms with Crippen molar-refractivity contribution in [2.24, 2.45) is 14.7 Å². The number of thioether (sulfide) groups is 1. The number of methoxy groups -OCH3 is 1. The maximum absolute atomic E-state index is 13.2. The molecular formula is C15H24BrFIN7O3S. The minimum Gasteiger partial charge on any atom is -0.383 e. The Hall–Kier alpha value is -1.04. The number of aliphatic imine (C=N–C) groups is 1. The van der Waals surface area contributed by atoms with Crippen molar-refractivity contribution in [3.8, 4) is 0 Å². The van der Waals surface area contributed by atoms with Crippen LogP contribution < -0.4 is 20.5 Å². The van der Waals surface area contributed by atoms with E-state index < -0.39 is 5.82 Å². The zero-order valence-electron chi connectivity index (χ0n) is 15.9. The van der Waals surface area contributed by atoms with E-state index in [1.165, 1.54) is 18.2 Å². The molecule has 0 amide bonds. The zero-order valence-corrected chi connectivity index (χ0v) is 20.4. The van der Waals surface area contributed by atoms with Crippen LogP contribution in [0.2, 0.25) is 0 Å². The van der Waals surface area contributed by atoms with Gasteiger partial charge >= 0.3 is 0 Å². The number of nitrogens with two attached hydrogens (primary N) is 2. The molecule has 0 fully saturated rings. The molecule has 0 aliphatic rings. The third-order valence-corrected chi connectivity index (χ3v) is 4.10.